The minimum atomic E-state index is -0.315. The molecule has 2 fully saturated rings. The largest absolute Gasteiger partial charge is 0.353 e. The highest BCUT2D eigenvalue weighted by molar-refractivity contribution is 5.77. The van der Waals surface area contributed by atoms with Crippen LogP contribution in [0.4, 0.5) is 0 Å². The molecule has 2 aliphatic rings. The summed E-state index contributed by atoms with van der Waals surface area (Å²) < 4.78 is 0. The monoisotopic (exact) mass is 207 g/mol. The Balaban J connectivity index is 1.64. The number of hydrogen-bond acceptors (Lipinski definition) is 3. The van der Waals surface area contributed by atoms with Gasteiger partial charge in [-0.1, -0.05) is 0 Å². The Bertz CT molecular complexity index is 276. The number of hydrogen-bond donors (Lipinski definition) is 2. The second-order valence-corrected chi connectivity index (χ2v) is 4.58. The first-order valence-corrected chi connectivity index (χ1v) is 5.70. The maximum absolute atomic E-state index is 11.4. The Kier molecular flexibility index (Phi) is 3.22. The highest BCUT2D eigenvalue weighted by Gasteiger charge is 2.26. The number of amides is 1. The van der Waals surface area contributed by atoms with Gasteiger partial charge in [-0.3, -0.25) is 4.79 Å². The van der Waals surface area contributed by atoms with Crippen molar-refractivity contribution in [3.05, 3.63) is 0 Å². The quantitative estimate of drug-likeness (QED) is 0.668. The van der Waals surface area contributed by atoms with E-state index in [0.717, 1.165) is 25.3 Å². The van der Waals surface area contributed by atoms with Crippen LogP contribution in [0.5, 0.6) is 0 Å². The van der Waals surface area contributed by atoms with Crippen LogP contribution in [0.1, 0.15) is 32.1 Å². The molecule has 1 atom stereocenters. The molecule has 0 aromatic rings. The van der Waals surface area contributed by atoms with Gasteiger partial charge < -0.3 is 10.6 Å². The van der Waals surface area contributed by atoms with Gasteiger partial charge >= 0.3 is 0 Å². The van der Waals surface area contributed by atoms with Crippen molar-refractivity contribution in [2.45, 2.75) is 44.2 Å². The standard InChI is InChI=1S/C11H17N3O/c12-6-10(13-7-8-1-2-8)5-11(15)14-9-3-4-9/h8-10,13H,1-5,7H2,(H,14,15). The van der Waals surface area contributed by atoms with E-state index in [0.29, 0.717) is 12.5 Å². The Morgan fingerprint density at radius 2 is 2.13 bits per heavy atom. The van der Waals surface area contributed by atoms with E-state index in [1.54, 1.807) is 0 Å². The summed E-state index contributed by atoms with van der Waals surface area (Å²) in [4.78, 5) is 11.4. The summed E-state index contributed by atoms with van der Waals surface area (Å²) in [7, 11) is 0. The second kappa shape index (κ2) is 4.63. The van der Waals surface area contributed by atoms with Gasteiger partial charge in [-0.25, -0.2) is 0 Å². The van der Waals surface area contributed by atoms with Crippen LogP contribution in [-0.2, 0) is 4.79 Å². The zero-order valence-electron chi connectivity index (χ0n) is 8.83. The SMILES string of the molecule is N#CC(CC(=O)NC1CC1)NCC1CC1. The van der Waals surface area contributed by atoms with E-state index in [-0.39, 0.29) is 11.9 Å². The molecule has 15 heavy (non-hydrogen) atoms. The van der Waals surface area contributed by atoms with Gasteiger partial charge in [-0.15, -0.1) is 0 Å². The molecule has 0 radical (unpaired) electrons. The molecule has 1 amide bonds. The molecule has 4 nitrogen and oxygen atoms in total. The number of rotatable bonds is 6. The van der Waals surface area contributed by atoms with Gasteiger partial charge in [0.25, 0.3) is 0 Å². The fraction of sp³-hybridized carbons (Fsp3) is 0.818. The van der Waals surface area contributed by atoms with Crippen molar-refractivity contribution < 1.29 is 4.79 Å². The van der Waals surface area contributed by atoms with Gasteiger partial charge in [-0.2, -0.15) is 5.26 Å². The lowest BCUT2D eigenvalue weighted by molar-refractivity contribution is -0.121. The fourth-order valence-corrected chi connectivity index (χ4v) is 1.49. The minimum Gasteiger partial charge on any atom is -0.353 e. The Morgan fingerprint density at radius 3 is 2.67 bits per heavy atom. The molecule has 0 spiro atoms. The third kappa shape index (κ3) is 3.88. The molecular weight excluding hydrogens is 190 g/mol. The third-order valence-corrected chi connectivity index (χ3v) is 2.84. The van der Waals surface area contributed by atoms with Gasteiger partial charge in [0.1, 0.15) is 6.04 Å². The molecule has 0 bridgehead atoms. The van der Waals surface area contributed by atoms with E-state index >= 15 is 0 Å². The lowest BCUT2D eigenvalue weighted by Crippen LogP contribution is -2.36. The van der Waals surface area contributed by atoms with Crippen molar-refractivity contribution in [1.82, 2.24) is 10.6 Å². The highest BCUT2D eigenvalue weighted by Crippen LogP contribution is 2.27. The van der Waals surface area contributed by atoms with Crippen LogP contribution in [-0.4, -0.2) is 24.5 Å². The molecule has 4 heteroatoms. The summed E-state index contributed by atoms with van der Waals surface area (Å²) in [6.07, 6.45) is 5.01. The van der Waals surface area contributed by atoms with Crippen molar-refractivity contribution >= 4 is 5.91 Å². The van der Waals surface area contributed by atoms with E-state index in [2.05, 4.69) is 16.7 Å². The summed E-state index contributed by atoms with van der Waals surface area (Å²) in [5.74, 6) is 0.750. The van der Waals surface area contributed by atoms with Crippen LogP contribution in [0, 0.1) is 17.2 Å². The summed E-state index contributed by atoms with van der Waals surface area (Å²) >= 11 is 0. The van der Waals surface area contributed by atoms with Crippen molar-refractivity contribution in [2.75, 3.05) is 6.54 Å². The van der Waals surface area contributed by atoms with E-state index in [1.807, 2.05) is 0 Å². The van der Waals surface area contributed by atoms with Crippen LogP contribution in [0.15, 0.2) is 0 Å². The van der Waals surface area contributed by atoms with Gasteiger partial charge in [-0.05, 0) is 38.1 Å². The molecule has 0 aromatic carbocycles. The van der Waals surface area contributed by atoms with Gasteiger partial charge in [0.15, 0.2) is 0 Å². The second-order valence-electron chi connectivity index (χ2n) is 4.58. The molecular formula is C11H17N3O. The van der Waals surface area contributed by atoms with Gasteiger partial charge in [0.2, 0.25) is 5.91 Å². The number of carbonyl (C=O) groups is 1. The normalized spacial score (nSPS) is 21.8. The zero-order valence-corrected chi connectivity index (χ0v) is 8.83. The Hall–Kier alpha value is -1.08. The molecule has 0 aliphatic heterocycles. The predicted molar refractivity (Wildman–Crippen MR) is 55.9 cm³/mol. The maximum atomic E-state index is 11.4. The molecule has 1 unspecified atom stereocenters. The lowest BCUT2D eigenvalue weighted by atomic mass is 10.2. The molecule has 0 aromatic heterocycles. The Labute approximate surface area is 90.0 Å². The fourth-order valence-electron chi connectivity index (χ4n) is 1.49. The predicted octanol–water partition coefficient (Wildman–Crippen LogP) is 0.547. The van der Waals surface area contributed by atoms with Crippen LogP contribution in [0.25, 0.3) is 0 Å². The molecule has 2 rings (SSSR count). The molecule has 2 N–H and O–H groups in total. The van der Waals surface area contributed by atoms with E-state index < -0.39 is 0 Å². The summed E-state index contributed by atoms with van der Waals surface area (Å²) in [6.45, 7) is 0.884. The number of carbonyl (C=O) groups excluding carboxylic acids is 1. The number of nitrogens with one attached hydrogen (secondary N) is 2. The van der Waals surface area contributed by atoms with Gasteiger partial charge in [0, 0.05) is 6.04 Å². The third-order valence-electron chi connectivity index (χ3n) is 2.84. The smallest absolute Gasteiger partial charge is 0.222 e. The maximum Gasteiger partial charge on any atom is 0.222 e. The Morgan fingerprint density at radius 1 is 1.40 bits per heavy atom. The first kappa shape index (κ1) is 10.4. The number of nitrogens with zero attached hydrogens (tertiary/aromatic N) is 1. The average Bonchev–Trinajstić information content (AvgIpc) is 3.05. The molecule has 0 heterocycles. The van der Waals surface area contributed by atoms with Crippen molar-refractivity contribution in [2.24, 2.45) is 5.92 Å². The van der Waals surface area contributed by atoms with E-state index in [1.165, 1.54) is 12.8 Å². The van der Waals surface area contributed by atoms with Crippen LogP contribution in [0.2, 0.25) is 0 Å². The van der Waals surface area contributed by atoms with Gasteiger partial charge in [0.05, 0.1) is 12.5 Å². The van der Waals surface area contributed by atoms with E-state index in [9.17, 15) is 4.79 Å². The van der Waals surface area contributed by atoms with Crippen LogP contribution >= 0.6 is 0 Å². The molecule has 2 saturated carbocycles. The molecule has 0 saturated heterocycles. The first-order chi connectivity index (χ1) is 7.28. The number of nitriles is 1. The summed E-state index contributed by atoms with van der Waals surface area (Å²) in [5, 5.41) is 14.9. The summed E-state index contributed by atoms with van der Waals surface area (Å²) in [5.41, 5.74) is 0. The minimum absolute atomic E-state index is 0.00680. The topological polar surface area (TPSA) is 64.9 Å². The molecule has 82 valence electrons. The van der Waals surface area contributed by atoms with Crippen molar-refractivity contribution in [3.8, 4) is 6.07 Å². The lowest BCUT2D eigenvalue weighted by Gasteiger charge is -2.10. The van der Waals surface area contributed by atoms with E-state index in [4.69, 9.17) is 5.26 Å². The van der Waals surface area contributed by atoms with Crippen molar-refractivity contribution in [3.63, 3.8) is 0 Å². The highest BCUT2D eigenvalue weighted by atomic mass is 16.1. The summed E-state index contributed by atoms with van der Waals surface area (Å²) in [6, 6.07) is 2.21. The van der Waals surface area contributed by atoms with Crippen LogP contribution < -0.4 is 10.6 Å². The average molecular weight is 207 g/mol. The van der Waals surface area contributed by atoms with Crippen LogP contribution in [0.3, 0.4) is 0 Å². The van der Waals surface area contributed by atoms with Crippen molar-refractivity contribution in [1.29, 1.82) is 5.26 Å². The zero-order chi connectivity index (χ0) is 10.7. The first-order valence-electron chi connectivity index (χ1n) is 5.70. The molecule has 2 aliphatic carbocycles.